The van der Waals surface area contributed by atoms with Gasteiger partial charge in [0.05, 0.1) is 24.6 Å². The third-order valence-corrected chi connectivity index (χ3v) is 6.92. The number of piperidine rings is 1. The van der Waals surface area contributed by atoms with Gasteiger partial charge in [0.1, 0.15) is 23.6 Å². The highest BCUT2D eigenvalue weighted by atomic mass is 19.1. The maximum absolute atomic E-state index is 13.5. The number of aliphatic hydroxyl groups is 2. The SMILES string of the molecule is O=C(NC(CO)c1ccc(F)cc1CO)[C@H]1CCN(c2ncnc3[nH]ccc23)CC12CC2. The lowest BCUT2D eigenvalue weighted by Gasteiger charge is -2.39. The fraction of sp³-hybridized carbons (Fsp3) is 0.435. The Balaban J connectivity index is 1.33. The van der Waals surface area contributed by atoms with E-state index >= 15 is 0 Å². The molecule has 5 rings (SSSR count). The molecule has 8 nitrogen and oxygen atoms in total. The molecule has 1 unspecified atom stereocenters. The Kier molecular flexibility index (Phi) is 5.30. The lowest BCUT2D eigenvalue weighted by Crippen LogP contribution is -2.49. The predicted octanol–water partition coefficient (Wildman–Crippen LogP) is 2.05. The fourth-order valence-electron chi connectivity index (χ4n) is 5.07. The van der Waals surface area contributed by atoms with E-state index < -0.39 is 11.9 Å². The molecule has 32 heavy (non-hydrogen) atoms. The number of H-pyrrole nitrogens is 1. The van der Waals surface area contributed by atoms with E-state index in [1.165, 1.54) is 18.2 Å². The molecule has 1 saturated heterocycles. The number of hydrogen-bond donors (Lipinski definition) is 4. The summed E-state index contributed by atoms with van der Waals surface area (Å²) >= 11 is 0. The van der Waals surface area contributed by atoms with Crippen LogP contribution in [0.15, 0.2) is 36.8 Å². The van der Waals surface area contributed by atoms with Gasteiger partial charge in [-0.15, -0.1) is 0 Å². The molecule has 3 heterocycles. The van der Waals surface area contributed by atoms with E-state index in [4.69, 9.17) is 0 Å². The summed E-state index contributed by atoms with van der Waals surface area (Å²) in [6.45, 7) is 0.737. The van der Waals surface area contributed by atoms with Crippen molar-refractivity contribution in [2.75, 3.05) is 24.6 Å². The van der Waals surface area contributed by atoms with Crippen LogP contribution in [0.4, 0.5) is 10.2 Å². The number of benzene rings is 1. The topological polar surface area (TPSA) is 114 Å². The number of rotatable bonds is 6. The molecule has 4 N–H and O–H groups in total. The molecule has 3 aromatic rings. The quantitative estimate of drug-likeness (QED) is 0.467. The molecular weight excluding hydrogens is 413 g/mol. The third-order valence-electron chi connectivity index (χ3n) is 6.92. The highest BCUT2D eigenvalue weighted by molar-refractivity contribution is 5.88. The van der Waals surface area contributed by atoms with E-state index in [1.54, 1.807) is 6.33 Å². The van der Waals surface area contributed by atoms with Crippen LogP contribution in [0.25, 0.3) is 11.0 Å². The van der Waals surface area contributed by atoms with Crippen LogP contribution in [-0.4, -0.2) is 50.8 Å². The zero-order valence-electron chi connectivity index (χ0n) is 17.6. The maximum atomic E-state index is 13.5. The maximum Gasteiger partial charge on any atom is 0.224 e. The molecule has 1 aromatic carbocycles. The van der Waals surface area contributed by atoms with E-state index in [2.05, 4.69) is 25.2 Å². The number of carbonyl (C=O) groups is 1. The van der Waals surface area contributed by atoms with Gasteiger partial charge in [-0.3, -0.25) is 4.79 Å². The number of halogens is 1. The average Bonchev–Trinajstić information content (AvgIpc) is 3.38. The third kappa shape index (κ3) is 3.61. The smallest absolute Gasteiger partial charge is 0.224 e. The molecule has 0 bridgehead atoms. The molecule has 2 aromatic heterocycles. The number of amides is 1. The van der Waals surface area contributed by atoms with Gasteiger partial charge >= 0.3 is 0 Å². The van der Waals surface area contributed by atoms with Crippen LogP contribution in [0.3, 0.4) is 0 Å². The zero-order valence-corrected chi connectivity index (χ0v) is 17.6. The summed E-state index contributed by atoms with van der Waals surface area (Å²) in [4.78, 5) is 27.4. The molecule has 1 amide bonds. The van der Waals surface area contributed by atoms with Crippen molar-refractivity contribution in [3.05, 3.63) is 53.7 Å². The van der Waals surface area contributed by atoms with Crippen LogP contribution < -0.4 is 10.2 Å². The number of aliphatic hydroxyl groups excluding tert-OH is 2. The number of hydrogen-bond acceptors (Lipinski definition) is 6. The first kappa shape index (κ1) is 20.8. The molecule has 1 saturated carbocycles. The molecule has 2 fully saturated rings. The summed E-state index contributed by atoms with van der Waals surface area (Å²) in [6.07, 6.45) is 6.01. The second-order valence-electron chi connectivity index (χ2n) is 8.81. The number of nitrogens with one attached hydrogen (secondary N) is 2. The van der Waals surface area contributed by atoms with Gasteiger partial charge < -0.3 is 25.4 Å². The Labute approximate surface area is 184 Å². The second kappa shape index (κ2) is 8.14. The number of nitrogens with zero attached hydrogens (tertiary/aromatic N) is 3. The minimum absolute atomic E-state index is 0.108. The summed E-state index contributed by atoms with van der Waals surface area (Å²) in [5.41, 5.74) is 1.57. The molecule has 1 aliphatic carbocycles. The van der Waals surface area contributed by atoms with Gasteiger partial charge in [-0.2, -0.15) is 0 Å². The molecule has 1 aliphatic heterocycles. The van der Waals surface area contributed by atoms with E-state index in [0.717, 1.165) is 36.2 Å². The summed E-state index contributed by atoms with van der Waals surface area (Å²) in [7, 11) is 0. The van der Waals surface area contributed by atoms with Crippen LogP contribution in [0.1, 0.15) is 36.4 Å². The Hall–Kier alpha value is -3.04. The van der Waals surface area contributed by atoms with Crippen molar-refractivity contribution < 1.29 is 19.4 Å². The van der Waals surface area contributed by atoms with Crippen molar-refractivity contribution in [1.82, 2.24) is 20.3 Å². The van der Waals surface area contributed by atoms with Gasteiger partial charge in [0.25, 0.3) is 0 Å². The van der Waals surface area contributed by atoms with Crippen LogP contribution >= 0.6 is 0 Å². The van der Waals surface area contributed by atoms with E-state index in [9.17, 15) is 19.4 Å². The van der Waals surface area contributed by atoms with Crippen LogP contribution in [-0.2, 0) is 11.4 Å². The minimum atomic E-state index is -0.694. The van der Waals surface area contributed by atoms with E-state index in [-0.39, 0.29) is 30.5 Å². The molecule has 2 atom stereocenters. The first-order chi connectivity index (χ1) is 15.5. The lowest BCUT2D eigenvalue weighted by molar-refractivity contribution is -0.129. The Morgan fingerprint density at radius 2 is 2.16 bits per heavy atom. The molecule has 9 heteroatoms. The first-order valence-electron chi connectivity index (χ1n) is 10.9. The van der Waals surface area contributed by atoms with Crippen molar-refractivity contribution in [2.24, 2.45) is 11.3 Å². The first-order valence-corrected chi connectivity index (χ1v) is 10.9. The summed E-state index contributed by atoms with van der Waals surface area (Å²) < 4.78 is 13.5. The lowest BCUT2D eigenvalue weighted by atomic mass is 9.81. The number of anilines is 1. The molecule has 0 radical (unpaired) electrons. The Morgan fingerprint density at radius 1 is 1.31 bits per heavy atom. The van der Waals surface area contributed by atoms with Gasteiger partial charge in [-0.25, -0.2) is 14.4 Å². The zero-order chi connectivity index (χ0) is 22.3. The van der Waals surface area contributed by atoms with Crippen molar-refractivity contribution in [3.63, 3.8) is 0 Å². The van der Waals surface area contributed by atoms with Crippen LogP contribution in [0.5, 0.6) is 0 Å². The largest absolute Gasteiger partial charge is 0.394 e. The summed E-state index contributed by atoms with van der Waals surface area (Å²) in [5.74, 6) is 0.137. The van der Waals surface area contributed by atoms with Crippen LogP contribution in [0, 0.1) is 17.2 Å². The van der Waals surface area contributed by atoms with Crippen molar-refractivity contribution in [2.45, 2.75) is 31.9 Å². The van der Waals surface area contributed by atoms with Crippen LogP contribution in [0.2, 0.25) is 0 Å². The summed E-state index contributed by atoms with van der Waals surface area (Å²) in [5, 5.41) is 23.4. The monoisotopic (exact) mass is 439 g/mol. The normalized spacial score (nSPS) is 20.5. The fourth-order valence-corrected chi connectivity index (χ4v) is 5.07. The van der Waals surface area contributed by atoms with Gasteiger partial charge in [0, 0.05) is 25.2 Å². The van der Waals surface area contributed by atoms with Gasteiger partial charge in [-0.1, -0.05) is 6.07 Å². The van der Waals surface area contributed by atoms with E-state index in [1.807, 2.05) is 12.3 Å². The average molecular weight is 439 g/mol. The minimum Gasteiger partial charge on any atom is -0.394 e. The predicted molar refractivity (Wildman–Crippen MR) is 116 cm³/mol. The second-order valence-corrected chi connectivity index (χ2v) is 8.81. The van der Waals surface area contributed by atoms with Gasteiger partial charge in [-0.05, 0) is 54.0 Å². The van der Waals surface area contributed by atoms with Crippen molar-refractivity contribution in [1.29, 1.82) is 0 Å². The summed E-state index contributed by atoms with van der Waals surface area (Å²) in [6, 6.07) is 5.29. The number of aromatic amines is 1. The molecule has 2 aliphatic rings. The Morgan fingerprint density at radius 3 is 2.91 bits per heavy atom. The molecule has 1 spiro atoms. The molecule has 168 valence electrons. The van der Waals surface area contributed by atoms with Crippen molar-refractivity contribution in [3.8, 4) is 0 Å². The highest BCUT2D eigenvalue weighted by Gasteiger charge is 2.55. The number of aromatic nitrogens is 3. The molecular formula is C23H26FN5O3. The number of fused-ring (bicyclic) bond motifs is 1. The highest BCUT2D eigenvalue weighted by Crippen LogP contribution is 2.56. The standard InChI is InChI=1S/C23H26FN5O3/c24-15-1-2-16(14(9-15)10-30)19(11-31)28-22(32)18-4-8-29(12-23(18)5-6-23)21-17-3-7-25-20(17)26-13-27-21/h1-3,7,9,13,18-19,30-31H,4-6,8,10-12H2,(H,28,32)(H,25,26,27)/t18-,19?/m1/s1. The van der Waals surface area contributed by atoms with Gasteiger partial charge in [0.2, 0.25) is 5.91 Å². The Bertz CT molecular complexity index is 1150. The van der Waals surface area contributed by atoms with Crippen molar-refractivity contribution >= 4 is 22.8 Å². The van der Waals surface area contributed by atoms with Gasteiger partial charge in [0.15, 0.2) is 0 Å². The van der Waals surface area contributed by atoms with E-state index in [0.29, 0.717) is 24.1 Å². The number of carbonyl (C=O) groups excluding carboxylic acids is 1.